The van der Waals surface area contributed by atoms with E-state index < -0.39 is 0 Å². The first-order valence-corrected chi connectivity index (χ1v) is 4.04. The van der Waals surface area contributed by atoms with Crippen molar-refractivity contribution in [3.05, 3.63) is 29.8 Å². The Bertz CT molecular complexity index is 342. The molecule has 0 radical (unpaired) electrons. The lowest BCUT2D eigenvalue weighted by atomic mass is 10.1. The molecule has 62 valence electrons. The zero-order chi connectivity index (χ0) is 8.55. The lowest BCUT2D eigenvalue weighted by Crippen LogP contribution is -1.90. The fourth-order valence-electron chi connectivity index (χ4n) is 1.55. The molecular weight excluding hydrogens is 150 g/mol. The minimum absolute atomic E-state index is 0.366. The van der Waals surface area contributed by atoms with E-state index >= 15 is 0 Å². The molecule has 1 aliphatic rings. The maximum absolute atomic E-state index is 9.55. The fourth-order valence-corrected chi connectivity index (χ4v) is 1.55. The molecule has 0 amide bonds. The van der Waals surface area contributed by atoms with Crippen LogP contribution < -0.4 is 5.32 Å². The van der Waals surface area contributed by atoms with Crippen molar-refractivity contribution in [1.82, 2.24) is 0 Å². The number of phenolic OH excluding ortho intramolecular Hbond substituents is 1. The van der Waals surface area contributed by atoms with Gasteiger partial charge < -0.3 is 10.4 Å². The van der Waals surface area contributed by atoms with Crippen LogP contribution in [0.1, 0.15) is 12.5 Å². The van der Waals surface area contributed by atoms with E-state index in [9.17, 15) is 5.11 Å². The number of fused-ring (bicyclic) bond motifs is 1. The first-order chi connectivity index (χ1) is 5.83. The summed E-state index contributed by atoms with van der Waals surface area (Å²) in [6.07, 6.45) is 2.03. The summed E-state index contributed by atoms with van der Waals surface area (Å²) in [4.78, 5) is 0. The molecule has 0 atom stereocenters. The Hall–Kier alpha value is -1.44. The monoisotopic (exact) mass is 161 g/mol. The molecule has 2 N–H and O–H groups in total. The predicted octanol–water partition coefficient (Wildman–Crippen LogP) is 2.22. The van der Waals surface area contributed by atoms with Gasteiger partial charge in [-0.15, -0.1) is 0 Å². The Balaban J connectivity index is 2.63. The molecule has 1 heterocycles. The number of hydrogen-bond donors (Lipinski definition) is 2. The molecule has 1 aromatic carbocycles. The normalized spacial score (nSPS) is 17.6. The average Bonchev–Trinajstić information content (AvgIpc) is 2.49. The summed E-state index contributed by atoms with van der Waals surface area (Å²) in [7, 11) is 0. The average molecular weight is 161 g/mol. The van der Waals surface area contributed by atoms with Gasteiger partial charge >= 0.3 is 0 Å². The van der Waals surface area contributed by atoms with Crippen LogP contribution in [-0.4, -0.2) is 11.7 Å². The van der Waals surface area contributed by atoms with Crippen LogP contribution in [0.25, 0.3) is 5.57 Å². The Labute approximate surface area is 71.5 Å². The number of anilines is 1. The standard InChI is InChI=1S/C10H11NO/c1-2-7-6-11-8-4-3-5-9(12)10(7)8/h2-5,11-12H,6H2,1H3/b7-2-. The van der Waals surface area contributed by atoms with Crippen LogP contribution >= 0.6 is 0 Å². The molecule has 0 aromatic heterocycles. The van der Waals surface area contributed by atoms with Crippen molar-refractivity contribution < 1.29 is 5.11 Å². The molecule has 12 heavy (non-hydrogen) atoms. The summed E-state index contributed by atoms with van der Waals surface area (Å²) in [5.74, 6) is 0.366. The SMILES string of the molecule is C/C=C1/CNc2cccc(O)c21. The van der Waals surface area contributed by atoms with Crippen molar-refractivity contribution in [2.24, 2.45) is 0 Å². The van der Waals surface area contributed by atoms with Gasteiger partial charge in [0.2, 0.25) is 0 Å². The Morgan fingerprint density at radius 1 is 1.50 bits per heavy atom. The highest BCUT2D eigenvalue weighted by Crippen LogP contribution is 2.36. The molecule has 0 aliphatic carbocycles. The third-order valence-corrected chi connectivity index (χ3v) is 2.18. The summed E-state index contributed by atoms with van der Waals surface area (Å²) >= 11 is 0. The minimum atomic E-state index is 0.366. The summed E-state index contributed by atoms with van der Waals surface area (Å²) in [5, 5.41) is 12.8. The van der Waals surface area contributed by atoms with E-state index in [1.54, 1.807) is 6.07 Å². The van der Waals surface area contributed by atoms with E-state index in [0.717, 1.165) is 17.8 Å². The van der Waals surface area contributed by atoms with Gasteiger partial charge in [-0.25, -0.2) is 0 Å². The van der Waals surface area contributed by atoms with Crippen molar-refractivity contribution in [2.75, 3.05) is 11.9 Å². The van der Waals surface area contributed by atoms with Crippen molar-refractivity contribution in [3.8, 4) is 5.75 Å². The number of aromatic hydroxyl groups is 1. The fraction of sp³-hybridized carbons (Fsp3) is 0.200. The van der Waals surface area contributed by atoms with Crippen molar-refractivity contribution in [2.45, 2.75) is 6.92 Å². The number of rotatable bonds is 0. The molecule has 0 saturated carbocycles. The molecule has 0 saturated heterocycles. The summed E-state index contributed by atoms with van der Waals surface area (Å²) in [6.45, 7) is 2.81. The quantitative estimate of drug-likeness (QED) is 0.611. The van der Waals surface area contributed by atoms with Crippen molar-refractivity contribution in [3.63, 3.8) is 0 Å². The maximum atomic E-state index is 9.55. The zero-order valence-electron chi connectivity index (χ0n) is 6.96. The summed E-state index contributed by atoms with van der Waals surface area (Å²) < 4.78 is 0. The van der Waals surface area contributed by atoms with Gasteiger partial charge in [0.25, 0.3) is 0 Å². The molecule has 0 fully saturated rings. The van der Waals surface area contributed by atoms with E-state index in [1.165, 1.54) is 5.57 Å². The lowest BCUT2D eigenvalue weighted by molar-refractivity contribution is 0.474. The maximum Gasteiger partial charge on any atom is 0.125 e. The number of nitrogens with one attached hydrogen (secondary N) is 1. The first kappa shape index (κ1) is 7.22. The van der Waals surface area contributed by atoms with Gasteiger partial charge in [-0.2, -0.15) is 0 Å². The topological polar surface area (TPSA) is 32.3 Å². The smallest absolute Gasteiger partial charge is 0.125 e. The van der Waals surface area contributed by atoms with Crippen LogP contribution in [0.2, 0.25) is 0 Å². The van der Waals surface area contributed by atoms with Gasteiger partial charge in [0.15, 0.2) is 0 Å². The summed E-state index contributed by atoms with van der Waals surface area (Å²) in [6, 6.07) is 5.54. The second-order valence-corrected chi connectivity index (χ2v) is 2.87. The molecular formula is C10H11NO. The van der Waals surface area contributed by atoms with Crippen LogP contribution in [0.15, 0.2) is 24.3 Å². The molecule has 2 rings (SSSR count). The van der Waals surface area contributed by atoms with Crippen molar-refractivity contribution >= 4 is 11.3 Å². The highest BCUT2D eigenvalue weighted by atomic mass is 16.3. The van der Waals surface area contributed by atoms with E-state index in [-0.39, 0.29) is 0 Å². The van der Waals surface area contributed by atoms with Crippen molar-refractivity contribution in [1.29, 1.82) is 0 Å². The van der Waals surface area contributed by atoms with Gasteiger partial charge in [-0.1, -0.05) is 12.1 Å². The number of hydrogen-bond acceptors (Lipinski definition) is 2. The van der Waals surface area contributed by atoms with E-state index in [4.69, 9.17) is 0 Å². The van der Waals surface area contributed by atoms with Crippen LogP contribution in [0.4, 0.5) is 5.69 Å². The molecule has 1 aromatic rings. The van der Waals surface area contributed by atoms with Gasteiger partial charge in [0.1, 0.15) is 5.75 Å². The zero-order valence-corrected chi connectivity index (χ0v) is 6.96. The Kier molecular flexibility index (Phi) is 1.54. The summed E-state index contributed by atoms with van der Waals surface area (Å²) in [5.41, 5.74) is 3.16. The number of phenols is 1. The van der Waals surface area contributed by atoms with E-state index in [0.29, 0.717) is 5.75 Å². The number of allylic oxidation sites excluding steroid dienone is 1. The predicted molar refractivity (Wildman–Crippen MR) is 50.2 cm³/mol. The van der Waals surface area contributed by atoms with E-state index in [2.05, 4.69) is 5.32 Å². The van der Waals surface area contributed by atoms with Gasteiger partial charge in [-0.05, 0) is 24.6 Å². The molecule has 0 spiro atoms. The molecule has 1 aliphatic heterocycles. The molecule has 2 heteroatoms. The second kappa shape index (κ2) is 2.55. The molecule has 0 bridgehead atoms. The highest BCUT2D eigenvalue weighted by Gasteiger charge is 2.17. The lowest BCUT2D eigenvalue weighted by Gasteiger charge is -2.00. The second-order valence-electron chi connectivity index (χ2n) is 2.87. The third kappa shape index (κ3) is 0.881. The van der Waals surface area contributed by atoms with Crippen LogP contribution in [0, 0.1) is 0 Å². The Morgan fingerprint density at radius 2 is 2.33 bits per heavy atom. The van der Waals surface area contributed by atoms with Crippen LogP contribution in [0.3, 0.4) is 0 Å². The first-order valence-electron chi connectivity index (χ1n) is 4.04. The van der Waals surface area contributed by atoms with Gasteiger partial charge in [0.05, 0.1) is 0 Å². The van der Waals surface area contributed by atoms with Gasteiger partial charge in [-0.3, -0.25) is 0 Å². The Morgan fingerprint density at radius 3 is 3.08 bits per heavy atom. The molecule has 0 unspecified atom stereocenters. The number of benzene rings is 1. The van der Waals surface area contributed by atoms with Gasteiger partial charge in [0, 0.05) is 17.8 Å². The minimum Gasteiger partial charge on any atom is -0.507 e. The molecule has 2 nitrogen and oxygen atoms in total. The largest absolute Gasteiger partial charge is 0.507 e. The van der Waals surface area contributed by atoms with Crippen LogP contribution in [-0.2, 0) is 0 Å². The van der Waals surface area contributed by atoms with E-state index in [1.807, 2.05) is 25.1 Å². The third-order valence-electron chi connectivity index (χ3n) is 2.18. The van der Waals surface area contributed by atoms with Crippen LogP contribution in [0.5, 0.6) is 5.75 Å². The highest BCUT2D eigenvalue weighted by molar-refractivity contribution is 5.87.